The van der Waals surface area contributed by atoms with Gasteiger partial charge in [0.05, 0.1) is 28.2 Å². The SMILES string of the molecule is O=C(Nc1cc2c(cc1Cl)OCCO2)c1cnn(-c2ccccc2)c1. The van der Waals surface area contributed by atoms with E-state index < -0.39 is 0 Å². The predicted molar refractivity (Wildman–Crippen MR) is 94.0 cm³/mol. The van der Waals surface area contributed by atoms with Crippen molar-refractivity contribution in [3.8, 4) is 17.2 Å². The maximum atomic E-state index is 12.5. The molecule has 126 valence electrons. The van der Waals surface area contributed by atoms with E-state index in [9.17, 15) is 4.79 Å². The maximum Gasteiger partial charge on any atom is 0.258 e. The molecule has 0 spiro atoms. The Kier molecular flexibility index (Phi) is 4.03. The third kappa shape index (κ3) is 3.16. The van der Waals surface area contributed by atoms with E-state index in [0.29, 0.717) is 41.0 Å². The molecule has 0 atom stereocenters. The third-order valence-electron chi connectivity index (χ3n) is 3.75. The van der Waals surface area contributed by atoms with Crippen LogP contribution in [-0.2, 0) is 0 Å². The lowest BCUT2D eigenvalue weighted by atomic mass is 10.2. The van der Waals surface area contributed by atoms with Crippen molar-refractivity contribution in [1.82, 2.24) is 9.78 Å². The van der Waals surface area contributed by atoms with Gasteiger partial charge in [-0.05, 0) is 12.1 Å². The molecule has 2 heterocycles. The van der Waals surface area contributed by atoms with Crippen LogP contribution in [-0.4, -0.2) is 28.9 Å². The number of benzene rings is 2. The molecule has 0 fully saturated rings. The monoisotopic (exact) mass is 355 g/mol. The highest BCUT2D eigenvalue weighted by Crippen LogP contribution is 2.38. The lowest BCUT2D eigenvalue weighted by Gasteiger charge is -2.19. The highest BCUT2D eigenvalue weighted by Gasteiger charge is 2.17. The van der Waals surface area contributed by atoms with Crippen LogP contribution in [0.4, 0.5) is 5.69 Å². The van der Waals surface area contributed by atoms with Crippen LogP contribution in [0, 0.1) is 0 Å². The summed E-state index contributed by atoms with van der Waals surface area (Å²) in [5.74, 6) is 0.831. The first-order chi connectivity index (χ1) is 12.2. The summed E-state index contributed by atoms with van der Waals surface area (Å²) in [5, 5.41) is 7.38. The van der Waals surface area contributed by atoms with E-state index in [1.54, 1.807) is 23.0 Å². The fourth-order valence-electron chi connectivity index (χ4n) is 2.52. The molecule has 4 rings (SSSR count). The molecule has 0 saturated heterocycles. The number of carbonyl (C=O) groups excluding carboxylic acids is 1. The van der Waals surface area contributed by atoms with Crippen LogP contribution in [0.3, 0.4) is 0 Å². The average Bonchev–Trinajstić information content (AvgIpc) is 3.13. The van der Waals surface area contributed by atoms with Gasteiger partial charge in [-0.3, -0.25) is 4.79 Å². The number of nitrogens with one attached hydrogen (secondary N) is 1. The number of carbonyl (C=O) groups is 1. The molecule has 0 radical (unpaired) electrons. The number of anilines is 1. The topological polar surface area (TPSA) is 65.4 Å². The minimum Gasteiger partial charge on any atom is -0.486 e. The largest absolute Gasteiger partial charge is 0.486 e. The Bertz CT molecular complexity index is 925. The van der Waals surface area contributed by atoms with Crippen LogP contribution in [0.2, 0.25) is 5.02 Å². The zero-order chi connectivity index (χ0) is 17.2. The second-order valence-corrected chi connectivity index (χ2v) is 5.85. The van der Waals surface area contributed by atoms with Crippen molar-refractivity contribution in [2.75, 3.05) is 18.5 Å². The van der Waals surface area contributed by atoms with Gasteiger partial charge in [0.15, 0.2) is 11.5 Å². The molecule has 0 bridgehead atoms. The summed E-state index contributed by atoms with van der Waals surface area (Å²) in [6.45, 7) is 0.944. The molecule has 1 aliphatic rings. The van der Waals surface area contributed by atoms with Crippen LogP contribution in [0.25, 0.3) is 5.69 Å². The number of hydrogen-bond donors (Lipinski definition) is 1. The lowest BCUT2D eigenvalue weighted by Crippen LogP contribution is -2.16. The first kappa shape index (κ1) is 15.5. The van der Waals surface area contributed by atoms with Crippen molar-refractivity contribution < 1.29 is 14.3 Å². The molecular formula is C18H14ClN3O3. The Labute approximate surface area is 148 Å². The number of halogens is 1. The second-order valence-electron chi connectivity index (χ2n) is 5.44. The van der Waals surface area contributed by atoms with Crippen LogP contribution in [0.5, 0.6) is 11.5 Å². The van der Waals surface area contributed by atoms with Gasteiger partial charge >= 0.3 is 0 Å². The van der Waals surface area contributed by atoms with Gasteiger partial charge in [0, 0.05) is 18.3 Å². The van der Waals surface area contributed by atoms with Crippen molar-refractivity contribution in [2.24, 2.45) is 0 Å². The number of amides is 1. The normalized spacial score (nSPS) is 12.7. The molecule has 0 saturated carbocycles. The number of fused-ring (bicyclic) bond motifs is 1. The smallest absolute Gasteiger partial charge is 0.258 e. The quantitative estimate of drug-likeness (QED) is 0.780. The standard InChI is InChI=1S/C18H14ClN3O3/c19-14-8-16-17(25-7-6-24-16)9-15(14)21-18(23)12-10-20-22(11-12)13-4-2-1-3-5-13/h1-5,8-11H,6-7H2,(H,21,23). The minimum absolute atomic E-state index is 0.305. The molecule has 7 heteroatoms. The van der Waals surface area contributed by atoms with Gasteiger partial charge < -0.3 is 14.8 Å². The summed E-state index contributed by atoms with van der Waals surface area (Å²) in [7, 11) is 0. The van der Waals surface area contributed by atoms with E-state index in [0.717, 1.165) is 5.69 Å². The van der Waals surface area contributed by atoms with Crippen LogP contribution in [0.15, 0.2) is 54.9 Å². The minimum atomic E-state index is -0.305. The number of ether oxygens (including phenoxy) is 2. The summed E-state index contributed by atoms with van der Waals surface area (Å²) in [6, 6.07) is 12.9. The van der Waals surface area contributed by atoms with Crippen molar-refractivity contribution in [3.05, 3.63) is 65.4 Å². The molecule has 2 aromatic carbocycles. The summed E-state index contributed by atoms with van der Waals surface area (Å²) in [4.78, 5) is 12.5. The molecule has 1 N–H and O–H groups in total. The zero-order valence-electron chi connectivity index (χ0n) is 13.1. The molecular weight excluding hydrogens is 342 g/mol. The van der Waals surface area contributed by atoms with Gasteiger partial charge in [-0.15, -0.1) is 0 Å². The van der Waals surface area contributed by atoms with E-state index >= 15 is 0 Å². The summed E-state index contributed by atoms with van der Waals surface area (Å²) in [5.41, 5.74) is 1.76. The number of aromatic nitrogens is 2. The maximum absolute atomic E-state index is 12.5. The van der Waals surface area contributed by atoms with Gasteiger partial charge in [0.2, 0.25) is 0 Å². The number of nitrogens with zero attached hydrogens (tertiary/aromatic N) is 2. The molecule has 0 aliphatic carbocycles. The Hall–Kier alpha value is -2.99. The average molecular weight is 356 g/mol. The summed E-state index contributed by atoms with van der Waals surface area (Å²) < 4.78 is 12.6. The summed E-state index contributed by atoms with van der Waals surface area (Å²) >= 11 is 6.22. The third-order valence-corrected chi connectivity index (χ3v) is 4.06. The second kappa shape index (κ2) is 6.49. The Balaban J connectivity index is 1.56. The van der Waals surface area contributed by atoms with Crippen molar-refractivity contribution in [3.63, 3.8) is 0 Å². The summed E-state index contributed by atoms with van der Waals surface area (Å²) in [6.07, 6.45) is 3.17. The molecule has 1 amide bonds. The molecule has 1 aromatic heterocycles. The van der Waals surface area contributed by atoms with Crippen molar-refractivity contribution in [2.45, 2.75) is 0 Å². The molecule has 0 unspecified atom stereocenters. The van der Waals surface area contributed by atoms with Crippen LogP contribution in [0.1, 0.15) is 10.4 Å². The predicted octanol–water partition coefficient (Wildman–Crippen LogP) is 3.55. The lowest BCUT2D eigenvalue weighted by molar-refractivity contribution is 0.102. The Morgan fingerprint density at radius 3 is 2.60 bits per heavy atom. The Morgan fingerprint density at radius 1 is 1.12 bits per heavy atom. The van der Waals surface area contributed by atoms with Gasteiger partial charge in [0.25, 0.3) is 5.91 Å². The van der Waals surface area contributed by atoms with Crippen LogP contribution >= 0.6 is 11.6 Å². The highest BCUT2D eigenvalue weighted by molar-refractivity contribution is 6.34. The van der Waals surface area contributed by atoms with E-state index in [-0.39, 0.29) is 5.91 Å². The first-order valence-corrected chi connectivity index (χ1v) is 8.09. The van der Waals surface area contributed by atoms with Gasteiger partial charge in [0.1, 0.15) is 13.2 Å². The van der Waals surface area contributed by atoms with Gasteiger partial charge in [-0.1, -0.05) is 29.8 Å². The fraction of sp³-hybridized carbons (Fsp3) is 0.111. The number of hydrogen-bond acceptors (Lipinski definition) is 4. The molecule has 3 aromatic rings. The highest BCUT2D eigenvalue weighted by atomic mass is 35.5. The number of para-hydroxylation sites is 1. The first-order valence-electron chi connectivity index (χ1n) is 7.71. The van der Waals surface area contributed by atoms with Gasteiger partial charge in [-0.2, -0.15) is 5.10 Å². The molecule has 1 aliphatic heterocycles. The molecule has 25 heavy (non-hydrogen) atoms. The van der Waals surface area contributed by atoms with E-state index in [1.807, 2.05) is 30.3 Å². The zero-order valence-corrected chi connectivity index (χ0v) is 13.9. The van der Waals surface area contributed by atoms with Crippen molar-refractivity contribution in [1.29, 1.82) is 0 Å². The van der Waals surface area contributed by atoms with E-state index in [4.69, 9.17) is 21.1 Å². The van der Waals surface area contributed by atoms with Gasteiger partial charge in [-0.25, -0.2) is 4.68 Å². The van der Waals surface area contributed by atoms with E-state index in [1.165, 1.54) is 6.20 Å². The van der Waals surface area contributed by atoms with E-state index in [2.05, 4.69) is 10.4 Å². The fourth-order valence-corrected chi connectivity index (χ4v) is 2.72. The van der Waals surface area contributed by atoms with Crippen LogP contribution < -0.4 is 14.8 Å². The Morgan fingerprint density at radius 2 is 1.84 bits per heavy atom. The van der Waals surface area contributed by atoms with Crippen molar-refractivity contribution >= 4 is 23.2 Å². The molecule has 6 nitrogen and oxygen atoms in total. The number of rotatable bonds is 3.